The molecule has 0 N–H and O–H groups in total. The Morgan fingerprint density at radius 3 is 0.853 bits per heavy atom. The normalized spacial score (nSPS) is 11.7. The Morgan fingerprint density at radius 1 is 0.118 bits per heavy atom. The van der Waals surface area contributed by atoms with Crippen LogP contribution in [0.1, 0.15) is 0 Å². The van der Waals surface area contributed by atoms with Crippen LogP contribution in [0.15, 0.2) is 504 Å². The smallest absolute Gasteiger partial charge is 0.0541 e. The molecule has 0 atom stereocenters. The second-order valence-corrected chi connectivity index (χ2v) is 38.6. The maximum Gasteiger partial charge on any atom is 0.0541 e. The van der Waals surface area contributed by atoms with Crippen LogP contribution < -0.4 is 0 Å². The Bertz CT molecular complexity index is 9520. The number of benzene rings is 24. The first-order chi connectivity index (χ1) is 67.4. The largest absolute Gasteiger partial charge is 0.309 e. The Balaban J connectivity index is 0.000000108. The van der Waals surface area contributed by atoms with Crippen LogP contribution in [-0.4, -0.2) is 4.57 Å². The Hall–Kier alpha value is -16.7. The number of nitrogens with zero attached hydrogens (tertiary/aromatic N) is 1. The van der Waals surface area contributed by atoms with Crippen molar-refractivity contribution in [3.63, 3.8) is 0 Å². The summed E-state index contributed by atoms with van der Waals surface area (Å²) in [4.78, 5) is 0. The van der Waals surface area contributed by atoms with E-state index in [-0.39, 0.29) is 0 Å². The minimum atomic E-state index is 1.19. The van der Waals surface area contributed by atoms with Gasteiger partial charge in [-0.1, -0.05) is 406 Å². The van der Waals surface area contributed by atoms with Gasteiger partial charge in [0.2, 0.25) is 0 Å². The molecule has 0 radical (unpaired) electrons. The summed E-state index contributed by atoms with van der Waals surface area (Å²) in [6, 6.07) is 184. The minimum Gasteiger partial charge on any atom is -0.309 e. The molecular weight excluding hydrogens is 1700 g/mol. The quantitative estimate of drug-likeness (QED) is 0.114. The fraction of sp³-hybridized carbons (Fsp3) is 0. The molecule has 0 aliphatic carbocycles. The van der Waals surface area contributed by atoms with Crippen LogP contribution in [0, 0.1) is 0 Å². The van der Waals surface area contributed by atoms with Crippen LogP contribution in [0.3, 0.4) is 0 Å². The highest BCUT2D eigenvalue weighted by Gasteiger charge is 2.23. The molecule has 0 aliphatic heterocycles. The molecule has 136 heavy (non-hydrogen) atoms. The van der Waals surface area contributed by atoms with Gasteiger partial charge in [0.05, 0.1) is 11.0 Å². The minimum absolute atomic E-state index is 1.19. The van der Waals surface area contributed by atoms with E-state index in [1.807, 2.05) is 34.0 Å². The number of rotatable bonds is 11. The highest BCUT2D eigenvalue weighted by molar-refractivity contribution is 7.27. The van der Waals surface area contributed by atoms with Crippen LogP contribution in [0.5, 0.6) is 0 Å². The van der Waals surface area contributed by atoms with Gasteiger partial charge in [0, 0.05) is 88.1 Å². The molecular formula is C132H83NS3. The Morgan fingerprint density at radius 2 is 0.382 bits per heavy atom. The van der Waals surface area contributed by atoms with Crippen molar-refractivity contribution in [2.45, 2.75) is 0 Å². The third-order valence-electron chi connectivity index (χ3n) is 27.7. The van der Waals surface area contributed by atoms with E-state index < -0.39 is 0 Å². The molecule has 4 heteroatoms. The highest BCUT2D eigenvalue weighted by Crippen LogP contribution is 2.51. The van der Waals surface area contributed by atoms with Crippen LogP contribution in [0.2, 0.25) is 0 Å². The third kappa shape index (κ3) is 14.1. The molecule has 0 saturated carbocycles. The molecule has 24 aromatic carbocycles. The van der Waals surface area contributed by atoms with Gasteiger partial charge in [-0.2, -0.15) is 0 Å². The van der Waals surface area contributed by atoms with Crippen LogP contribution in [0.4, 0.5) is 0 Å². The summed E-state index contributed by atoms with van der Waals surface area (Å²) in [5, 5.41) is 26.1. The molecule has 0 spiro atoms. The van der Waals surface area contributed by atoms with E-state index in [2.05, 4.69) is 508 Å². The molecule has 28 rings (SSSR count). The zero-order valence-electron chi connectivity index (χ0n) is 74.1. The van der Waals surface area contributed by atoms with Crippen LogP contribution in [0.25, 0.3) is 264 Å². The summed E-state index contributed by atoms with van der Waals surface area (Å²) >= 11 is 5.69. The predicted octanol–water partition coefficient (Wildman–Crippen LogP) is 38.8. The topological polar surface area (TPSA) is 4.93 Å². The van der Waals surface area contributed by atoms with E-state index in [0.29, 0.717) is 0 Å². The molecule has 1 nitrogen and oxygen atoms in total. The monoisotopic (exact) mass is 1780 g/mol. The lowest BCUT2D eigenvalue weighted by Gasteiger charge is -2.13. The molecule has 0 aliphatic rings. The van der Waals surface area contributed by atoms with Gasteiger partial charge in [0.1, 0.15) is 0 Å². The average Bonchev–Trinajstić information content (AvgIpc) is 1.19. The van der Waals surface area contributed by atoms with Gasteiger partial charge in [-0.05, 0) is 262 Å². The first-order valence-corrected chi connectivity index (χ1v) is 49.1. The van der Waals surface area contributed by atoms with Crippen molar-refractivity contribution < 1.29 is 0 Å². The third-order valence-corrected chi connectivity index (χ3v) is 31.4. The van der Waals surface area contributed by atoms with E-state index in [1.54, 1.807) is 0 Å². The number of aromatic nitrogens is 1. The molecule has 4 heterocycles. The van der Waals surface area contributed by atoms with Crippen LogP contribution >= 0.6 is 34.0 Å². The standard InChI is InChI=1S/C54H34S.C42H26S.C36H23NS/c1-4-15-35(16-5-1)41-31-48(37-19-8-3-9-20-37)53-51(33-41)52-34-42(36-17-6-2-7-18-36)32-49(54(52)55-53)40-22-14-21-38(29-40)39-27-28-47-45-25-11-10-23-43(45)44-24-12-13-26-46(44)50(47)30-39;1-2-16-35-33(14-1)34-15-3-4-17-36(34)40-26-30(22-23-37(35)40)28-11-7-10-27(24-28)29-12-8-13-31(25-29)32-19-9-20-39-38-18-5-6-21-41(38)43-42(32)39;1-2-9-27(10-3-1)37-33-15-6-4-11-29(33)32-23-26(21-22-34(32)37)24-17-19-25(20-18-24)28-13-8-14-31-30-12-5-7-16-35(30)38-36(28)31/h1-34H;1-26H;1-23H. The van der Waals surface area contributed by atoms with Gasteiger partial charge in [-0.25, -0.2) is 0 Å². The molecule has 0 amide bonds. The maximum absolute atomic E-state index is 2.42. The number of hydrogen-bond acceptors (Lipinski definition) is 3. The lowest BCUT2D eigenvalue weighted by molar-refractivity contribution is 1.18. The van der Waals surface area contributed by atoms with E-state index in [9.17, 15) is 0 Å². The van der Waals surface area contributed by atoms with Crippen molar-refractivity contribution in [3.05, 3.63) is 504 Å². The molecule has 28 aromatic rings. The summed E-state index contributed by atoms with van der Waals surface area (Å²) in [7, 11) is 0. The second kappa shape index (κ2) is 33.8. The van der Waals surface area contributed by atoms with Gasteiger partial charge < -0.3 is 4.57 Å². The summed E-state index contributed by atoms with van der Waals surface area (Å²) < 4.78 is 10.4. The van der Waals surface area contributed by atoms with E-state index in [4.69, 9.17) is 0 Å². The molecule has 0 fully saturated rings. The van der Waals surface area contributed by atoms with Gasteiger partial charge >= 0.3 is 0 Å². The number of hydrogen-bond donors (Lipinski definition) is 0. The average molecular weight is 1780 g/mol. The van der Waals surface area contributed by atoms with Crippen molar-refractivity contribution in [2.24, 2.45) is 0 Å². The fourth-order valence-electron chi connectivity index (χ4n) is 21.2. The molecule has 4 aromatic heterocycles. The van der Waals surface area contributed by atoms with E-state index in [1.165, 1.54) is 264 Å². The fourth-order valence-corrected chi connectivity index (χ4v) is 25.0. The summed E-state index contributed by atoms with van der Waals surface area (Å²) in [5.74, 6) is 0. The van der Waals surface area contributed by atoms with Crippen molar-refractivity contribution in [1.29, 1.82) is 0 Å². The Kier molecular flexibility index (Phi) is 20.0. The molecule has 0 bridgehead atoms. The van der Waals surface area contributed by atoms with Gasteiger partial charge in [0.25, 0.3) is 0 Å². The number of thiophene rings is 3. The second-order valence-electron chi connectivity index (χ2n) is 35.5. The molecule has 0 unspecified atom stereocenters. The van der Waals surface area contributed by atoms with Gasteiger partial charge in [-0.3, -0.25) is 0 Å². The highest BCUT2D eigenvalue weighted by atomic mass is 32.1. The van der Waals surface area contributed by atoms with E-state index in [0.717, 1.165) is 0 Å². The van der Waals surface area contributed by atoms with Crippen molar-refractivity contribution in [2.75, 3.05) is 0 Å². The molecule has 0 saturated heterocycles. The van der Waals surface area contributed by atoms with E-state index >= 15 is 0 Å². The van der Waals surface area contributed by atoms with Crippen molar-refractivity contribution in [3.8, 4) is 117 Å². The summed E-state index contributed by atoms with van der Waals surface area (Å²) in [6.07, 6.45) is 0. The van der Waals surface area contributed by atoms with Crippen molar-refractivity contribution >= 4 is 181 Å². The first kappa shape index (κ1) is 80.2. The SMILES string of the molecule is c1cc(-c2cccc(-c3cccc4c3sc3ccccc34)c2)cc(-c2ccc3c4ccccc4c4ccccc4c3c2)c1.c1ccc(-c2cc(-c3ccccc3)c3sc4c(-c5cccc(-c6ccc7c8ccccc8c8ccccc8c7c6)c5)cc(-c5ccccc5)cc4c3c2)cc1.c1ccc(-n2c3ccccc3c3cc(-c4ccc(-c5cccc6c5sc5ccccc56)cc4)ccc32)cc1. The lowest BCUT2D eigenvalue weighted by Crippen LogP contribution is -1.92. The number of fused-ring (bicyclic) bond motifs is 24. The zero-order valence-corrected chi connectivity index (χ0v) is 76.5. The maximum atomic E-state index is 2.42. The lowest BCUT2D eigenvalue weighted by atomic mass is 9.90. The summed E-state index contributed by atoms with van der Waals surface area (Å²) in [5.41, 5.74) is 28.5. The predicted molar refractivity (Wildman–Crippen MR) is 592 cm³/mol. The zero-order chi connectivity index (χ0) is 89.7. The Labute approximate surface area is 799 Å². The van der Waals surface area contributed by atoms with Gasteiger partial charge in [0.15, 0.2) is 0 Å². The molecule has 634 valence electrons. The number of para-hydroxylation sites is 2. The first-order valence-electron chi connectivity index (χ1n) is 46.6. The van der Waals surface area contributed by atoms with Gasteiger partial charge in [-0.15, -0.1) is 34.0 Å². The van der Waals surface area contributed by atoms with Crippen LogP contribution in [-0.2, 0) is 0 Å². The van der Waals surface area contributed by atoms with Crippen molar-refractivity contribution in [1.82, 2.24) is 4.57 Å². The summed E-state index contributed by atoms with van der Waals surface area (Å²) in [6.45, 7) is 0.